The first-order valence-electron chi connectivity index (χ1n) is 11.0. The van der Waals surface area contributed by atoms with E-state index < -0.39 is 5.91 Å². The minimum Gasteiger partial charge on any atom is -0.497 e. The quantitative estimate of drug-likeness (QED) is 0.391. The fourth-order valence-corrected chi connectivity index (χ4v) is 3.62. The zero-order valence-corrected chi connectivity index (χ0v) is 19.7. The fourth-order valence-electron chi connectivity index (χ4n) is 3.62. The number of primary amides is 1. The van der Waals surface area contributed by atoms with Crippen molar-refractivity contribution >= 4 is 28.3 Å². The zero-order chi connectivity index (χ0) is 24.2. The number of benzene rings is 2. The monoisotopic (exact) mass is 460 g/mol. The van der Waals surface area contributed by atoms with Gasteiger partial charge in [0.1, 0.15) is 11.3 Å². The molecule has 0 aliphatic rings. The van der Waals surface area contributed by atoms with Gasteiger partial charge in [0.15, 0.2) is 5.82 Å². The summed E-state index contributed by atoms with van der Waals surface area (Å²) < 4.78 is 7.12. The van der Waals surface area contributed by atoms with E-state index in [0.717, 1.165) is 23.5 Å². The Morgan fingerprint density at radius 2 is 1.97 bits per heavy atom. The van der Waals surface area contributed by atoms with Crippen LogP contribution in [0, 0.1) is 0 Å². The van der Waals surface area contributed by atoms with Gasteiger partial charge in [-0.3, -0.25) is 9.48 Å². The largest absolute Gasteiger partial charge is 0.497 e. The van der Waals surface area contributed by atoms with Crippen molar-refractivity contribution in [2.75, 3.05) is 25.1 Å². The molecule has 3 N–H and O–H groups in total. The number of aryl methyl sites for hydroxylation is 1. The number of rotatable bonds is 9. The highest BCUT2D eigenvalue weighted by Gasteiger charge is 2.16. The predicted octanol–water partition coefficient (Wildman–Crippen LogP) is 2.67. The van der Waals surface area contributed by atoms with Crippen molar-refractivity contribution in [2.24, 2.45) is 12.8 Å². The van der Waals surface area contributed by atoms with Crippen LogP contribution in [0.5, 0.6) is 5.75 Å². The number of hydrogen-bond donors (Lipinski definition) is 2. The summed E-state index contributed by atoms with van der Waals surface area (Å²) in [6.45, 7) is 5.56. The van der Waals surface area contributed by atoms with Gasteiger partial charge in [-0.15, -0.1) is 10.2 Å². The maximum absolute atomic E-state index is 11.9. The Kier molecular flexibility index (Phi) is 6.69. The topological polar surface area (TPSA) is 124 Å². The molecule has 0 fully saturated rings. The third-order valence-corrected chi connectivity index (χ3v) is 5.32. The molecular weight excluding hydrogens is 432 g/mol. The van der Waals surface area contributed by atoms with Crippen LogP contribution in [0.25, 0.3) is 22.4 Å². The first-order chi connectivity index (χ1) is 16.3. The van der Waals surface area contributed by atoms with Gasteiger partial charge in [0.25, 0.3) is 0 Å². The summed E-state index contributed by atoms with van der Waals surface area (Å²) in [5, 5.41) is 16.2. The molecule has 10 heteroatoms. The van der Waals surface area contributed by atoms with E-state index >= 15 is 0 Å². The summed E-state index contributed by atoms with van der Waals surface area (Å²) in [4.78, 5) is 18.7. The number of carbonyl (C=O) groups is 1. The summed E-state index contributed by atoms with van der Waals surface area (Å²) in [5.74, 6) is 0.539. The van der Waals surface area contributed by atoms with Gasteiger partial charge in [0.05, 0.1) is 24.4 Å². The number of hydrogen-bond acceptors (Lipinski definition) is 8. The normalized spacial score (nSPS) is 11.2. The van der Waals surface area contributed by atoms with Crippen molar-refractivity contribution in [3.8, 4) is 17.1 Å². The lowest BCUT2D eigenvalue weighted by Gasteiger charge is -2.27. The number of nitrogens with zero attached hydrogens (tertiary/aromatic N) is 6. The van der Waals surface area contributed by atoms with Crippen molar-refractivity contribution in [3.05, 3.63) is 54.4 Å². The van der Waals surface area contributed by atoms with Crippen LogP contribution in [-0.4, -0.2) is 57.1 Å². The number of nitrogens with two attached hydrogens (primary N) is 1. The summed E-state index contributed by atoms with van der Waals surface area (Å²) in [6, 6.07) is 11.4. The molecule has 0 unspecified atom stereocenters. The van der Waals surface area contributed by atoms with E-state index in [1.54, 1.807) is 30.1 Å². The molecule has 0 aliphatic heterocycles. The van der Waals surface area contributed by atoms with E-state index in [9.17, 15) is 4.79 Å². The Hall–Kier alpha value is -4.05. The second-order valence-corrected chi connectivity index (χ2v) is 8.26. The number of aromatic nitrogens is 5. The van der Waals surface area contributed by atoms with Crippen molar-refractivity contribution in [2.45, 2.75) is 19.9 Å². The number of carbonyl (C=O) groups excluding carboxylic acids is 1. The lowest BCUT2D eigenvalue weighted by molar-refractivity contribution is 0.1000. The molecule has 2 aromatic carbocycles. The number of methoxy groups -OCH3 is 1. The molecule has 0 saturated carbocycles. The standard InChI is InChI=1S/C24H28N8O2/c1-15(2)26-7-8-32(19-9-16(23(25)33)10-20(11-19)34-4)18-5-6-21-22(12-18)28-24(30-29-21)17-13-27-31(3)14-17/h5-6,9-15,26H,7-8H2,1-4H3,(H2,25,33). The first kappa shape index (κ1) is 23.1. The number of amides is 1. The molecule has 2 aromatic heterocycles. The Balaban J connectivity index is 1.78. The summed E-state index contributed by atoms with van der Waals surface area (Å²) in [7, 11) is 3.40. The second kappa shape index (κ2) is 9.84. The summed E-state index contributed by atoms with van der Waals surface area (Å²) >= 11 is 0. The minimum absolute atomic E-state index is 0.337. The van der Waals surface area contributed by atoms with Crippen LogP contribution in [0.15, 0.2) is 48.8 Å². The highest BCUT2D eigenvalue weighted by molar-refractivity contribution is 5.95. The van der Waals surface area contributed by atoms with Crippen LogP contribution in [0.2, 0.25) is 0 Å². The molecule has 0 radical (unpaired) electrons. The molecule has 0 saturated heterocycles. The van der Waals surface area contributed by atoms with Crippen LogP contribution in [0.3, 0.4) is 0 Å². The molecule has 34 heavy (non-hydrogen) atoms. The van der Waals surface area contributed by atoms with Crippen LogP contribution in [0.4, 0.5) is 11.4 Å². The van der Waals surface area contributed by atoms with Crippen molar-refractivity contribution in [1.29, 1.82) is 0 Å². The Labute approximate surface area is 197 Å². The van der Waals surface area contributed by atoms with Gasteiger partial charge >= 0.3 is 0 Å². The van der Waals surface area contributed by atoms with E-state index in [-0.39, 0.29) is 0 Å². The number of anilines is 2. The van der Waals surface area contributed by atoms with Crippen LogP contribution >= 0.6 is 0 Å². The van der Waals surface area contributed by atoms with Gasteiger partial charge in [-0.05, 0) is 30.3 Å². The number of fused-ring (bicyclic) bond motifs is 1. The fraction of sp³-hybridized carbons (Fsp3) is 0.292. The van der Waals surface area contributed by atoms with Crippen LogP contribution in [-0.2, 0) is 7.05 Å². The van der Waals surface area contributed by atoms with E-state index in [4.69, 9.17) is 15.5 Å². The predicted molar refractivity (Wildman–Crippen MR) is 131 cm³/mol. The van der Waals surface area contributed by atoms with Gasteiger partial charge in [-0.2, -0.15) is 5.10 Å². The summed E-state index contributed by atoms with van der Waals surface area (Å²) in [6.07, 6.45) is 3.55. The maximum atomic E-state index is 11.9. The van der Waals surface area contributed by atoms with Crippen molar-refractivity contribution in [1.82, 2.24) is 30.3 Å². The molecule has 4 aromatic rings. The molecule has 1 amide bonds. The van der Waals surface area contributed by atoms with Crippen molar-refractivity contribution < 1.29 is 9.53 Å². The minimum atomic E-state index is -0.517. The molecule has 10 nitrogen and oxygen atoms in total. The van der Waals surface area contributed by atoms with E-state index in [1.807, 2.05) is 37.5 Å². The molecule has 4 rings (SSSR count). The highest BCUT2D eigenvalue weighted by Crippen LogP contribution is 2.31. The van der Waals surface area contributed by atoms with Crippen LogP contribution in [0.1, 0.15) is 24.2 Å². The molecule has 176 valence electrons. The van der Waals surface area contributed by atoms with E-state index in [1.165, 1.54) is 0 Å². The summed E-state index contributed by atoms with van der Waals surface area (Å²) in [5.41, 5.74) is 9.80. The third kappa shape index (κ3) is 5.12. The molecular formula is C24H28N8O2. The lowest BCUT2D eigenvalue weighted by atomic mass is 10.1. The number of ether oxygens (including phenoxy) is 1. The molecule has 0 spiro atoms. The van der Waals surface area contributed by atoms with E-state index in [0.29, 0.717) is 40.8 Å². The van der Waals surface area contributed by atoms with Gasteiger partial charge < -0.3 is 20.7 Å². The van der Waals surface area contributed by atoms with Gasteiger partial charge in [-0.1, -0.05) is 13.8 Å². The Morgan fingerprint density at radius 1 is 1.15 bits per heavy atom. The van der Waals surface area contributed by atoms with Gasteiger partial charge in [0.2, 0.25) is 5.91 Å². The average molecular weight is 461 g/mol. The smallest absolute Gasteiger partial charge is 0.248 e. The van der Waals surface area contributed by atoms with Crippen molar-refractivity contribution in [3.63, 3.8) is 0 Å². The Morgan fingerprint density at radius 3 is 2.65 bits per heavy atom. The molecule has 2 heterocycles. The van der Waals surface area contributed by atoms with Gasteiger partial charge in [0, 0.05) is 55.4 Å². The number of nitrogens with one attached hydrogen (secondary N) is 1. The maximum Gasteiger partial charge on any atom is 0.248 e. The highest BCUT2D eigenvalue weighted by atomic mass is 16.5. The lowest BCUT2D eigenvalue weighted by Crippen LogP contribution is -2.32. The van der Waals surface area contributed by atoms with Crippen LogP contribution < -0.4 is 20.7 Å². The average Bonchev–Trinajstić information content (AvgIpc) is 3.27. The zero-order valence-electron chi connectivity index (χ0n) is 19.7. The molecule has 0 atom stereocenters. The third-order valence-electron chi connectivity index (χ3n) is 5.32. The van der Waals surface area contributed by atoms with E-state index in [2.05, 4.69) is 39.4 Å². The SMILES string of the molecule is COc1cc(C(N)=O)cc(N(CCNC(C)C)c2ccc3nnc(-c4cnn(C)c4)nc3c2)c1. The Bertz CT molecular complexity index is 1320. The molecule has 0 bridgehead atoms. The second-order valence-electron chi connectivity index (χ2n) is 8.26. The van der Waals surface area contributed by atoms with Gasteiger partial charge in [-0.25, -0.2) is 4.98 Å². The molecule has 0 aliphatic carbocycles. The first-order valence-corrected chi connectivity index (χ1v) is 11.0.